The lowest BCUT2D eigenvalue weighted by atomic mass is 10.2. The van der Waals surface area contributed by atoms with Crippen molar-refractivity contribution in [1.82, 2.24) is 9.80 Å². The SMILES string of the molecule is CC1=C(N(C)C)CC=C1N(C)C. The molecule has 0 radical (unpaired) electrons. The molecule has 12 heavy (non-hydrogen) atoms. The summed E-state index contributed by atoms with van der Waals surface area (Å²) in [7, 11) is 8.39. The van der Waals surface area contributed by atoms with Gasteiger partial charge < -0.3 is 9.80 Å². The van der Waals surface area contributed by atoms with E-state index in [1.54, 1.807) is 0 Å². The molecular formula is C10H18N2. The monoisotopic (exact) mass is 166 g/mol. The van der Waals surface area contributed by atoms with Crippen molar-refractivity contribution in [3.63, 3.8) is 0 Å². The molecule has 0 heterocycles. The van der Waals surface area contributed by atoms with Crippen LogP contribution in [0, 0.1) is 0 Å². The van der Waals surface area contributed by atoms with Gasteiger partial charge in [-0.1, -0.05) is 6.08 Å². The van der Waals surface area contributed by atoms with E-state index in [-0.39, 0.29) is 0 Å². The Morgan fingerprint density at radius 1 is 1.08 bits per heavy atom. The van der Waals surface area contributed by atoms with E-state index >= 15 is 0 Å². The number of hydrogen-bond donors (Lipinski definition) is 0. The van der Waals surface area contributed by atoms with E-state index in [1.165, 1.54) is 17.0 Å². The lowest BCUT2D eigenvalue weighted by Crippen LogP contribution is -2.14. The largest absolute Gasteiger partial charge is 0.380 e. The zero-order valence-corrected chi connectivity index (χ0v) is 8.68. The Kier molecular flexibility index (Phi) is 2.46. The highest BCUT2D eigenvalue weighted by molar-refractivity contribution is 5.39. The van der Waals surface area contributed by atoms with Crippen LogP contribution >= 0.6 is 0 Å². The van der Waals surface area contributed by atoms with Crippen LogP contribution in [0.15, 0.2) is 23.0 Å². The molecule has 0 amide bonds. The highest BCUT2D eigenvalue weighted by Crippen LogP contribution is 2.27. The van der Waals surface area contributed by atoms with Crippen LogP contribution in [0.4, 0.5) is 0 Å². The zero-order chi connectivity index (χ0) is 9.30. The minimum absolute atomic E-state index is 1.08. The number of rotatable bonds is 2. The fourth-order valence-electron chi connectivity index (χ4n) is 1.68. The summed E-state index contributed by atoms with van der Waals surface area (Å²) in [4.78, 5) is 4.37. The van der Waals surface area contributed by atoms with E-state index in [0.29, 0.717) is 0 Å². The molecule has 0 bridgehead atoms. The van der Waals surface area contributed by atoms with Crippen LogP contribution in [-0.2, 0) is 0 Å². The van der Waals surface area contributed by atoms with Crippen molar-refractivity contribution < 1.29 is 0 Å². The van der Waals surface area contributed by atoms with Gasteiger partial charge in [0, 0.05) is 46.0 Å². The maximum absolute atomic E-state index is 2.28. The van der Waals surface area contributed by atoms with Crippen LogP contribution in [0.3, 0.4) is 0 Å². The summed E-state index contributed by atoms with van der Waals surface area (Å²) in [6, 6.07) is 0. The first kappa shape index (κ1) is 9.17. The predicted molar refractivity (Wildman–Crippen MR) is 52.8 cm³/mol. The van der Waals surface area contributed by atoms with E-state index < -0.39 is 0 Å². The van der Waals surface area contributed by atoms with Crippen molar-refractivity contribution in [2.24, 2.45) is 0 Å². The Morgan fingerprint density at radius 3 is 1.92 bits per heavy atom. The molecule has 2 nitrogen and oxygen atoms in total. The van der Waals surface area contributed by atoms with Crippen LogP contribution < -0.4 is 0 Å². The van der Waals surface area contributed by atoms with Gasteiger partial charge in [0.05, 0.1) is 0 Å². The molecule has 0 unspecified atom stereocenters. The standard InChI is InChI=1S/C10H18N2/c1-8-9(11(2)3)6-7-10(8)12(4)5/h6H,7H2,1-5H3. The second-order valence-corrected chi connectivity index (χ2v) is 3.65. The zero-order valence-electron chi connectivity index (χ0n) is 8.68. The fourth-order valence-corrected chi connectivity index (χ4v) is 1.68. The summed E-state index contributed by atoms with van der Waals surface area (Å²) in [5.41, 5.74) is 4.20. The van der Waals surface area contributed by atoms with Crippen molar-refractivity contribution in [2.45, 2.75) is 13.3 Å². The highest BCUT2D eigenvalue weighted by atomic mass is 15.1. The molecule has 0 aromatic carbocycles. The van der Waals surface area contributed by atoms with Crippen molar-refractivity contribution in [1.29, 1.82) is 0 Å². The van der Waals surface area contributed by atoms with Crippen molar-refractivity contribution in [3.05, 3.63) is 23.0 Å². The summed E-state index contributed by atoms with van der Waals surface area (Å²) in [6.45, 7) is 2.19. The van der Waals surface area contributed by atoms with Gasteiger partial charge in [-0.05, 0) is 12.5 Å². The molecular weight excluding hydrogens is 148 g/mol. The van der Waals surface area contributed by atoms with Gasteiger partial charge in [0.15, 0.2) is 0 Å². The second-order valence-electron chi connectivity index (χ2n) is 3.65. The maximum Gasteiger partial charge on any atom is 0.0371 e. The van der Waals surface area contributed by atoms with Crippen LogP contribution in [0.25, 0.3) is 0 Å². The molecule has 1 rings (SSSR count). The average Bonchev–Trinajstić information content (AvgIpc) is 2.30. The third-order valence-electron chi connectivity index (χ3n) is 2.33. The molecule has 1 aliphatic rings. The van der Waals surface area contributed by atoms with E-state index in [1.807, 2.05) is 0 Å². The van der Waals surface area contributed by atoms with Gasteiger partial charge in [-0.25, -0.2) is 0 Å². The van der Waals surface area contributed by atoms with Gasteiger partial charge in [-0.15, -0.1) is 0 Å². The van der Waals surface area contributed by atoms with Gasteiger partial charge in [0.25, 0.3) is 0 Å². The minimum Gasteiger partial charge on any atom is -0.380 e. The summed E-state index contributed by atoms with van der Waals surface area (Å²) in [6.07, 6.45) is 3.36. The Morgan fingerprint density at radius 2 is 1.67 bits per heavy atom. The molecule has 0 aromatic rings. The first-order valence-electron chi connectivity index (χ1n) is 4.29. The number of nitrogens with zero attached hydrogens (tertiary/aromatic N) is 2. The lowest BCUT2D eigenvalue weighted by Gasteiger charge is -2.18. The molecule has 68 valence electrons. The molecule has 0 saturated carbocycles. The Hall–Kier alpha value is -0.920. The Balaban J connectivity index is 2.86. The van der Waals surface area contributed by atoms with Gasteiger partial charge >= 0.3 is 0 Å². The van der Waals surface area contributed by atoms with Crippen LogP contribution in [0.5, 0.6) is 0 Å². The minimum atomic E-state index is 1.08. The summed E-state index contributed by atoms with van der Waals surface area (Å²) in [5.74, 6) is 0. The van der Waals surface area contributed by atoms with E-state index in [0.717, 1.165) is 6.42 Å². The normalized spacial score (nSPS) is 16.6. The Bertz CT molecular complexity index is 223. The van der Waals surface area contributed by atoms with Crippen LogP contribution in [-0.4, -0.2) is 38.0 Å². The van der Waals surface area contributed by atoms with Crippen molar-refractivity contribution in [2.75, 3.05) is 28.2 Å². The van der Waals surface area contributed by atoms with Crippen molar-refractivity contribution in [3.8, 4) is 0 Å². The Labute approximate surface area is 75.2 Å². The molecule has 2 heteroatoms. The van der Waals surface area contributed by atoms with E-state index in [4.69, 9.17) is 0 Å². The molecule has 0 N–H and O–H groups in total. The smallest absolute Gasteiger partial charge is 0.0371 e. The molecule has 0 atom stereocenters. The summed E-state index contributed by atoms with van der Waals surface area (Å²) in [5, 5.41) is 0. The predicted octanol–water partition coefficient (Wildman–Crippen LogP) is 1.67. The van der Waals surface area contributed by atoms with Crippen LogP contribution in [0.1, 0.15) is 13.3 Å². The number of hydrogen-bond acceptors (Lipinski definition) is 2. The third kappa shape index (κ3) is 1.47. The van der Waals surface area contributed by atoms with Crippen molar-refractivity contribution >= 4 is 0 Å². The molecule has 0 fully saturated rings. The van der Waals surface area contributed by atoms with E-state index in [2.05, 4.69) is 51.0 Å². The molecule has 0 saturated heterocycles. The average molecular weight is 166 g/mol. The van der Waals surface area contributed by atoms with Gasteiger partial charge in [0.1, 0.15) is 0 Å². The lowest BCUT2D eigenvalue weighted by molar-refractivity contribution is 0.492. The number of likely N-dealkylation sites (N-methyl/N-ethyl adjacent to an activating group) is 1. The first-order valence-corrected chi connectivity index (χ1v) is 4.29. The molecule has 0 aliphatic heterocycles. The maximum atomic E-state index is 2.28. The topological polar surface area (TPSA) is 6.48 Å². The molecule has 0 spiro atoms. The summed E-state index contributed by atoms with van der Waals surface area (Å²) < 4.78 is 0. The quantitative estimate of drug-likeness (QED) is 0.615. The van der Waals surface area contributed by atoms with Crippen LogP contribution in [0.2, 0.25) is 0 Å². The first-order chi connectivity index (χ1) is 5.54. The molecule has 0 aromatic heterocycles. The van der Waals surface area contributed by atoms with Gasteiger partial charge in [-0.3, -0.25) is 0 Å². The second kappa shape index (κ2) is 3.21. The molecule has 1 aliphatic carbocycles. The highest BCUT2D eigenvalue weighted by Gasteiger charge is 2.15. The number of allylic oxidation sites excluding steroid dienone is 2. The fraction of sp³-hybridized carbons (Fsp3) is 0.600. The van der Waals surface area contributed by atoms with Gasteiger partial charge in [0.2, 0.25) is 0 Å². The van der Waals surface area contributed by atoms with Gasteiger partial charge in [-0.2, -0.15) is 0 Å². The van der Waals surface area contributed by atoms with E-state index in [9.17, 15) is 0 Å². The summed E-state index contributed by atoms with van der Waals surface area (Å²) >= 11 is 0. The third-order valence-corrected chi connectivity index (χ3v) is 2.33.